The van der Waals surface area contributed by atoms with Crippen molar-refractivity contribution in [3.05, 3.63) is 80.5 Å². The monoisotopic (exact) mass is 303 g/mol. The highest BCUT2D eigenvalue weighted by Gasteiger charge is 2.02. The van der Waals surface area contributed by atoms with Crippen molar-refractivity contribution in [3.8, 4) is 5.75 Å². The highest BCUT2D eigenvalue weighted by molar-refractivity contribution is 6.30. The van der Waals surface area contributed by atoms with Crippen LogP contribution in [-0.2, 0) is 6.61 Å². The van der Waals surface area contributed by atoms with Crippen molar-refractivity contribution in [2.45, 2.75) is 13.5 Å². The summed E-state index contributed by atoms with van der Waals surface area (Å²) in [5.41, 5.74) is 1.84. The van der Waals surface area contributed by atoms with Crippen LogP contribution in [0.1, 0.15) is 18.1 Å². The predicted molar refractivity (Wildman–Crippen MR) is 82.9 cm³/mol. The minimum Gasteiger partial charge on any atom is -0.489 e. The fraction of sp³-hybridized carbons (Fsp3) is 0.125. The Hall–Kier alpha value is -2.33. The van der Waals surface area contributed by atoms with Gasteiger partial charge in [-0.2, -0.15) is 0 Å². The number of rotatable bonds is 5. The van der Waals surface area contributed by atoms with Crippen LogP contribution in [-0.4, -0.2) is 4.92 Å². The van der Waals surface area contributed by atoms with Gasteiger partial charge in [-0.25, -0.2) is 0 Å². The molecule has 0 radical (unpaired) electrons. The maximum absolute atomic E-state index is 10.6. The van der Waals surface area contributed by atoms with E-state index in [1.54, 1.807) is 24.3 Å². The Bertz CT molecular complexity index is 665. The van der Waals surface area contributed by atoms with E-state index in [0.717, 1.165) is 11.1 Å². The smallest absolute Gasteiger partial charge is 0.243 e. The Morgan fingerprint density at radius 2 is 2.00 bits per heavy atom. The summed E-state index contributed by atoms with van der Waals surface area (Å²) < 4.78 is 5.64. The maximum atomic E-state index is 10.6. The summed E-state index contributed by atoms with van der Waals surface area (Å²) in [4.78, 5) is 10.1. The van der Waals surface area contributed by atoms with Crippen molar-refractivity contribution < 1.29 is 9.66 Å². The molecule has 0 aliphatic carbocycles. The Balaban J connectivity index is 2.00. The first kappa shape index (κ1) is 15.1. The third-order valence-electron chi connectivity index (χ3n) is 2.84. The number of benzene rings is 2. The summed E-state index contributed by atoms with van der Waals surface area (Å²) in [6.45, 7) is 1.88. The number of hydrogen-bond donors (Lipinski definition) is 0. The first-order valence-corrected chi connectivity index (χ1v) is 6.72. The van der Waals surface area contributed by atoms with Gasteiger partial charge in [0.1, 0.15) is 12.4 Å². The molecule has 21 heavy (non-hydrogen) atoms. The Kier molecular flexibility index (Phi) is 4.95. The van der Waals surface area contributed by atoms with Crippen LogP contribution in [0.25, 0.3) is 6.08 Å². The number of allylic oxidation sites excluding steroid dienone is 1. The number of hydrogen-bond acceptors (Lipinski definition) is 3. The fourth-order valence-corrected chi connectivity index (χ4v) is 1.96. The number of ether oxygens (including phenoxy) is 1. The average Bonchev–Trinajstić information content (AvgIpc) is 2.46. The van der Waals surface area contributed by atoms with Gasteiger partial charge in [0.05, 0.1) is 4.92 Å². The third kappa shape index (κ3) is 4.61. The molecule has 2 aromatic carbocycles. The van der Waals surface area contributed by atoms with Crippen molar-refractivity contribution in [2.24, 2.45) is 0 Å². The first-order valence-electron chi connectivity index (χ1n) is 6.34. The highest BCUT2D eigenvalue weighted by Crippen LogP contribution is 2.17. The van der Waals surface area contributed by atoms with Crippen molar-refractivity contribution in [3.63, 3.8) is 0 Å². The molecule has 0 aliphatic heterocycles. The highest BCUT2D eigenvalue weighted by atomic mass is 35.5. The summed E-state index contributed by atoms with van der Waals surface area (Å²) >= 11 is 5.90. The van der Waals surface area contributed by atoms with E-state index in [0.29, 0.717) is 17.4 Å². The zero-order valence-electron chi connectivity index (χ0n) is 11.5. The van der Waals surface area contributed by atoms with Crippen molar-refractivity contribution in [2.75, 3.05) is 0 Å². The van der Waals surface area contributed by atoms with Gasteiger partial charge in [0.2, 0.25) is 5.70 Å². The molecule has 0 N–H and O–H groups in total. The Labute approximate surface area is 127 Å². The minimum absolute atomic E-state index is 0.0996. The molecule has 5 heteroatoms. The lowest BCUT2D eigenvalue weighted by molar-refractivity contribution is -0.422. The van der Waals surface area contributed by atoms with Crippen LogP contribution < -0.4 is 4.74 Å². The largest absolute Gasteiger partial charge is 0.489 e. The SMILES string of the molecule is C/C(=C\c1ccc(OCc2cccc(Cl)c2)cc1)[N+](=O)[O-]. The van der Waals surface area contributed by atoms with Crippen molar-refractivity contribution >= 4 is 17.7 Å². The lowest BCUT2D eigenvalue weighted by Crippen LogP contribution is -1.95. The molecule has 2 rings (SSSR count). The van der Waals surface area contributed by atoms with Gasteiger partial charge in [0, 0.05) is 18.0 Å². The summed E-state index contributed by atoms with van der Waals surface area (Å²) in [7, 11) is 0. The summed E-state index contributed by atoms with van der Waals surface area (Å²) in [5, 5.41) is 11.2. The molecule has 0 saturated heterocycles. The maximum Gasteiger partial charge on any atom is 0.243 e. The van der Waals surface area contributed by atoms with Gasteiger partial charge in [-0.05, 0) is 35.4 Å². The van der Waals surface area contributed by atoms with Crippen LogP contribution in [0, 0.1) is 10.1 Å². The van der Waals surface area contributed by atoms with E-state index in [1.807, 2.05) is 24.3 Å². The lowest BCUT2D eigenvalue weighted by atomic mass is 10.2. The van der Waals surface area contributed by atoms with E-state index < -0.39 is 4.92 Å². The number of nitro groups is 1. The molecule has 0 aliphatic rings. The first-order chi connectivity index (χ1) is 10.0. The van der Waals surface area contributed by atoms with Crippen LogP contribution in [0.2, 0.25) is 5.02 Å². The molecule has 0 bridgehead atoms. The van der Waals surface area contributed by atoms with E-state index in [2.05, 4.69) is 0 Å². The standard InChI is InChI=1S/C16H14ClNO3/c1-12(18(19)20)9-13-5-7-16(8-6-13)21-11-14-3-2-4-15(17)10-14/h2-10H,11H2,1H3/b12-9+. The molecule has 0 saturated carbocycles. The molecule has 4 nitrogen and oxygen atoms in total. The predicted octanol–water partition coefficient (Wildman–Crippen LogP) is 4.56. The van der Waals surface area contributed by atoms with Gasteiger partial charge in [-0.15, -0.1) is 0 Å². The van der Waals surface area contributed by atoms with Gasteiger partial charge >= 0.3 is 0 Å². The second-order valence-electron chi connectivity index (χ2n) is 4.53. The molecule has 0 unspecified atom stereocenters. The van der Waals surface area contributed by atoms with E-state index in [-0.39, 0.29) is 5.70 Å². The zero-order valence-corrected chi connectivity index (χ0v) is 12.2. The molecule has 0 heterocycles. The van der Waals surface area contributed by atoms with Crippen LogP contribution in [0.3, 0.4) is 0 Å². The van der Waals surface area contributed by atoms with Crippen LogP contribution in [0.5, 0.6) is 5.75 Å². The number of halogens is 1. The Morgan fingerprint density at radius 3 is 2.62 bits per heavy atom. The van der Waals surface area contributed by atoms with Gasteiger partial charge < -0.3 is 4.74 Å². The summed E-state index contributed by atoms with van der Waals surface area (Å²) in [6, 6.07) is 14.6. The van der Waals surface area contributed by atoms with Gasteiger partial charge in [-0.1, -0.05) is 35.9 Å². The van der Waals surface area contributed by atoms with Gasteiger partial charge in [-0.3, -0.25) is 10.1 Å². The molecule has 108 valence electrons. The van der Waals surface area contributed by atoms with Gasteiger partial charge in [0.25, 0.3) is 0 Å². The Morgan fingerprint density at radius 1 is 1.29 bits per heavy atom. The summed E-state index contributed by atoms with van der Waals surface area (Å²) in [5.74, 6) is 0.700. The normalized spacial score (nSPS) is 11.2. The topological polar surface area (TPSA) is 52.4 Å². The molecule has 0 aromatic heterocycles. The van der Waals surface area contributed by atoms with E-state index >= 15 is 0 Å². The molecule has 0 spiro atoms. The van der Waals surface area contributed by atoms with E-state index in [9.17, 15) is 10.1 Å². The second-order valence-corrected chi connectivity index (χ2v) is 4.97. The lowest BCUT2D eigenvalue weighted by Gasteiger charge is -2.06. The summed E-state index contributed by atoms with van der Waals surface area (Å²) in [6.07, 6.45) is 1.51. The second kappa shape index (κ2) is 6.90. The van der Waals surface area contributed by atoms with Crippen molar-refractivity contribution in [1.29, 1.82) is 0 Å². The molecule has 2 aromatic rings. The molecule has 0 atom stereocenters. The molecular weight excluding hydrogens is 290 g/mol. The fourth-order valence-electron chi connectivity index (χ4n) is 1.75. The number of nitrogens with zero attached hydrogens (tertiary/aromatic N) is 1. The zero-order chi connectivity index (χ0) is 15.2. The van der Waals surface area contributed by atoms with Crippen molar-refractivity contribution in [1.82, 2.24) is 0 Å². The quantitative estimate of drug-likeness (QED) is 0.601. The third-order valence-corrected chi connectivity index (χ3v) is 3.07. The molecule has 0 amide bonds. The van der Waals surface area contributed by atoms with Crippen LogP contribution >= 0.6 is 11.6 Å². The molecular formula is C16H14ClNO3. The average molecular weight is 304 g/mol. The molecule has 0 fully saturated rings. The van der Waals surface area contributed by atoms with E-state index in [1.165, 1.54) is 13.0 Å². The van der Waals surface area contributed by atoms with E-state index in [4.69, 9.17) is 16.3 Å². The van der Waals surface area contributed by atoms with Crippen LogP contribution in [0.4, 0.5) is 0 Å². The minimum atomic E-state index is -0.413. The van der Waals surface area contributed by atoms with Crippen LogP contribution in [0.15, 0.2) is 54.2 Å². The van der Waals surface area contributed by atoms with Gasteiger partial charge in [0.15, 0.2) is 0 Å².